The van der Waals surface area contributed by atoms with Crippen LogP contribution >= 0.6 is 0 Å². The summed E-state index contributed by atoms with van der Waals surface area (Å²) in [6.07, 6.45) is 5.02. The molecule has 0 saturated carbocycles. The molecule has 1 aromatic carbocycles. The van der Waals surface area contributed by atoms with E-state index < -0.39 is 6.23 Å². The number of likely N-dealkylation sites (N-methyl/N-ethyl adjacent to an activating group) is 1. The number of aryl methyl sites for hydroxylation is 2. The zero-order valence-corrected chi connectivity index (χ0v) is 27.6. The first-order valence-corrected chi connectivity index (χ1v) is 17.1. The second-order valence-corrected chi connectivity index (χ2v) is 13.6. The summed E-state index contributed by atoms with van der Waals surface area (Å²) in [5, 5.41) is 21.8. The number of aliphatic hydroxyl groups excluding tert-OH is 1. The van der Waals surface area contributed by atoms with E-state index in [9.17, 15) is 5.11 Å². The van der Waals surface area contributed by atoms with Crippen molar-refractivity contribution in [3.8, 4) is 11.4 Å². The second kappa shape index (κ2) is 13.1. The first kappa shape index (κ1) is 31.3. The van der Waals surface area contributed by atoms with Crippen molar-refractivity contribution in [3.05, 3.63) is 41.2 Å². The Bertz CT molecular complexity index is 1500. The van der Waals surface area contributed by atoms with E-state index in [2.05, 4.69) is 67.3 Å². The minimum atomic E-state index is -1.30. The number of ether oxygens (including phenoxy) is 1. The molecule has 1 atom stereocenters. The summed E-state index contributed by atoms with van der Waals surface area (Å²) in [6, 6.07) is 9.21. The number of H-pyrrole nitrogens is 1. The molecule has 46 heavy (non-hydrogen) atoms. The summed E-state index contributed by atoms with van der Waals surface area (Å²) < 4.78 is 5.72. The van der Waals surface area contributed by atoms with E-state index in [0.717, 1.165) is 75.7 Å². The molecule has 1 unspecified atom stereocenters. The van der Waals surface area contributed by atoms with Crippen molar-refractivity contribution in [3.63, 3.8) is 0 Å². The molecule has 0 bridgehead atoms. The maximum Gasteiger partial charge on any atom is 0.159 e. The summed E-state index contributed by atoms with van der Waals surface area (Å²) in [7, 11) is 2.22. The number of aromatic nitrogens is 4. The van der Waals surface area contributed by atoms with E-state index in [1.54, 1.807) is 0 Å². The lowest BCUT2D eigenvalue weighted by Gasteiger charge is -2.55. The average molecular weight is 631 g/mol. The van der Waals surface area contributed by atoms with Crippen molar-refractivity contribution in [1.29, 1.82) is 0 Å². The fourth-order valence-electron chi connectivity index (χ4n) is 7.83. The Balaban J connectivity index is 1.15. The van der Waals surface area contributed by atoms with Gasteiger partial charge in [-0.2, -0.15) is 5.10 Å². The van der Waals surface area contributed by atoms with Crippen molar-refractivity contribution >= 4 is 23.0 Å². The average Bonchev–Trinajstić information content (AvgIpc) is 3.51. The number of aromatic amines is 1. The van der Waals surface area contributed by atoms with Crippen LogP contribution in [0.1, 0.15) is 62.2 Å². The predicted molar refractivity (Wildman–Crippen MR) is 182 cm³/mol. The number of nitrogens with one attached hydrogen (secondary N) is 2. The Morgan fingerprint density at radius 3 is 2.43 bits per heavy atom. The maximum absolute atomic E-state index is 10.7. The van der Waals surface area contributed by atoms with Crippen molar-refractivity contribution < 1.29 is 9.84 Å². The molecule has 2 aromatic heterocycles. The summed E-state index contributed by atoms with van der Waals surface area (Å²) >= 11 is 0. The number of hydrogen-bond donors (Lipinski definition) is 4. The lowest BCUT2D eigenvalue weighted by molar-refractivity contribution is 0.0285. The van der Waals surface area contributed by atoms with Crippen LogP contribution in [0, 0.1) is 6.92 Å². The highest BCUT2D eigenvalue weighted by molar-refractivity contribution is 5.75. The lowest BCUT2D eigenvalue weighted by atomic mass is 9.78. The zero-order valence-electron chi connectivity index (χ0n) is 27.6. The molecule has 248 valence electrons. The quantitative estimate of drug-likeness (QED) is 0.273. The van der Waals surface area contributed by atoms with Gasteiger partial charge in [-0.1, -0.05) is 6.92 Å². The Morgan fingerprint density at radius 1 is 1.04 bits per heavy atom. The van der Waals surface area contributed by atoms with Crippen LogP contribution in [-0.2, 0) is 11.2 Å². The molecule has 7 rings (SSSR count). The molecule has 6 heterocycles. The summed E-state index contributed by atoms with van der Waals surface area (Å²) in [6.45, 7) is 13.4. The van der Waals surface area contributed by atoms with E-state index in [1.165, 1.54) is 50.3 Å². The van der Waals surface area contributed by atoms with E-state index in [0.29, 0.717) is 28.9 Å². The van der Waals surface area contributed by atoms with Crippen molar-refractivity contribution in [2.75, 3.05) is 81.2 Å². The zero-order chi connectivity index (χ0) is 31.8. The summed E-state index contributed by atoms with van der Waals surface area (Å²) in [5.41, 5.74) is 12.2. The number of rotatable bonds is 8. The summed E-state index contributed by atoms with van der Waals surface area (Å²) in [4.78, 5) is 20.2. The molecular weight excluding hydrogens is 580 g/mol. The van der Waals surface area contributed by atoms with Gasteiger partial charge in [0.05, 0.1) is 0 Å². The van der Waals surface area contributed by atoms with Gasteiger partial charge in [-0.15, -0.1) is 0 Å². The number of benzene rings is 1. The van der Waals surface area contributed by atoms with Crippen LogP contribution in [0.4, 0.5) is 23.0 Å². The van der Waals surface area contributed by atoms with Gasteiger partial charge in [-0.25, -0.2) is 9.97 Å². The number of piperidine rings is 1. The number of aliphatic hydroxyl groups is 1. The number of nitrogens with two attached hydrogens (primary N) is 1. The van der Waals surface area contributed by atoms with Gasteiger partial charge in [0.1, 0.15) is 23.3 Å². The highest BCUT2D eigenvalue weighted by atomic mass is 16.5. The third-order valence-electron chi connectivity index (χ3n) is 10.8. The number of hydrogen-bond acceptors (Lipinski definition) is 11. The molecular formula is C34H50N10O2. The van der Waals surface area contributed by atoms with Crippen LogP contribution in [0.2, 0.25) is 0 Å². The third-order valence-corrected chi connectivity index (χ3v) is 10.8. The maximum atomic E-state index is 10.7. The molecule has 4 saturated heterocycles. The van der Waals surface area contributed by atoms with Gasteiger partial charge in [0.25, 0.3) is 0 Å². The predicted octanol–water partition coefficient (Wildman–Crippen LogP) is 3.41. The van der Waals surface area contributed by atoms with Crippen LogP contribution in [-0.4, -0.2) is 113 Å². The van der Waals surface area contributed by atoms with E-state index in [4.69, 9.17) is 20.4 Å². The highest BCUT2D eigenvalue weighted by Crippen LogP contribution is 2.45. The molecule has 12 heteroatoms. The van der Waals surface area contributed by atoms with Gasteiger partial charge in [-0.05, 0) is 82.3 Å². The Hall–Kier alpha value is -3.29. The van der Waals surface area contributed by atoms with Crippen molar-refractivity contribution in [1.82, 2.24) is 30.0 Å². The van der Waals surface area contributed by atoms with Crippen LogP contribution in [0.25, 0.3) is 11.4 Å². The number of anilines is 4. The standard InChI is InChI=1S/C34H50N10O2/c1-4-24-22-25(5-6-28(24)43-12-7-26(8-13-43)42-17-15-41(3)16-18-42)36-32-30(31(35)45)37-29(27-21-23(2)39-40-27)33(38-32)44-14-9-34(44)10-19-46-20-11-34/h5-6,21-22,26,31,45H,4,7-20,35H2,1-3H3,(H,36,38)(H,39,40). The van der Waals surface area contributed by atoms with Gasteiger partial charge in [0, 0.05) is 87.7 Å². The van der Waals surface area contributed by atoms with Gasteiger partial charge >= 0.3 is 0 Å². The van der Waals surface area contributed by atoms with Crippen LogP contribution in [0.15, 0.2) is 24.3 Å². The smallest absolute Gasteiger partial charge is 0.159 e. The molecule has 0 aliphatic carbocycles. The molecule has 0 amide bonds. The van der Waals surface area contributed by atoms with Crippen molar-refractivity contribution in [2.45, 2.75) is 70.2 Å². The molecule has 4 fully saturated rings. The van der Waals surface area contributed by atoms with E-state index >= 15 is 0 Å². The van der Waals surface area contributed by atoms with Crippen LogP contribution < -0.4 is 20.9 Å². The second-order valence-electron chi connectivity index (χ2n) is 13.6. The SMILES string of the molecule is CCc1cc(Nc2nc(N3CCC34CCOCC4)c(-c3cc(C)[nH]n3)nc2C(N)O)ccc1N1CCC(N2CCN(C)CC2)CC1. The van der Waals surface area contributed by atoms with Gasteiger partial charge < -0.3 is 35.6 Å². The Kier molecular flexibility index (Phi) is 8.90. The van der Waals surface area contributed by atoms with Crippen LogP contribution in [0.5, 0.6) is 0 Å². The highest BCUT2D eigenvalue weighted by Gasteiger charge is 2.47. The fourth-order valence-corrected chi connectivity index (χ4v) is 7.83. The fraction of sp³-hybridized carbons (Fsp3) is 0.618. The first-order chi connectivity index (χ1) is 22.3. The minimum Gasteiger partial charge on any atom is -0.381 e. The molecule has 4 aliphatic heterocycles. The minimum absolute atomic E-state index is 0.00196. The largest absolute Gasteiger partial charge is 0.381 e. The number of nitrogens with zero attached hydrogens (tertiary/aromatic N) is 7. The summed E-state index contributed by atoms with van der Waals surface area (Å²) in [5.74, 6) is 1.24. The Labute approximate surface area is 272 Å². The molecule has 4 aliphatic rings. The number of piperazine rings is 1. The Morgan fingerprint density at radius 2 is 1.80 bits per heavy atom. The normalized spacial score (nSPS) is 21.8. The molecule has 0 radical (unpaired) electrons. The molecule has 3 aromatic rings. The monoisotopic (exact) mass is 630 g/mol. The molecule has 1 spiro atoms. The first-order valence-electron chi connectivity index (χ1n) is 17.1. The van der Waals surface area contributed by atoms with E-state index in [-0.39, 0.29) is 5.54 Å². The van der Waals surface area contributed by atoms with Gasteiger partial charge in [0.15, 0.2) is 11.6 Å². The van der Waals surface area contributed by atoms with Crippen LogP contribution in [0.3, 0.4) is 0 Å². The van der Waals surface area contributed by atoms with E-state index in [1.807, 2.05) is 13.0 Å². The molecule has 5 N–H and O–H groups in total. The third kappa shape index (κ3) is 6.09. The molecule has 12 nitrogen and oxygen atoms in total. The van der Waals surface area contributed by atoms with Crippen molar-refractivity contribution in [2.24, 2.45) is 5.73 Å². The van der Waals surface area contributed by atoms with Gasteiger partial charge in [0.2, 0.25) is 0 Å². The van der Waals surface area contributed by atoms with Gasteiger partial charge in [-0.3, -0.25) is 10.00 Å². The topological polar surface area (TPSA) is 135 Å². The lowest BCUT2D eigenvalue weighted by Crippen LogP contribution is -2.63.